The third kappa shape index (κ3) is 2.88. The third-order valence-electron chi connectivity index (χ3n) is 7.62. The van der Waals surface area contributed by atoms with Crippen LogP contribution in [-0.4, -0.2) is 9.97 Å². The predicted molar refractivity (Wildman–Crippen MR) is 160 cm³/mol. The highest BCUT2D eigenvalue weighted by Gasteiger charge is 2.20. The summed E-state index contributed by atoms with van der Waals surface area (Å²) >= 11 is 1.81. The smallest absolute Gasteiger partial charge is 0.161 e. The molecule has 0 aliphatic carbocycles. The van der Waals surface area contributed by atoms with Crippen LogP contribution in [0.25, 0.3) is 86.6 Å². The summed E-state index contributed by atoms with van der Waals surface area (Å²) in [6.07, 6.45) is 3.76. The molecule has 4 aromatic carbocycles. The molecular formula is C34H18N2O2S. The molecule has 0 aliphatic heterocycles. The number of aromatic nitrogens is 2. The first kappa shape index (κ1) is 21.0. The summed E-state index contributed by atoms with van der Waals surface area (Å²) in [7, 11) is 0. The van der Waals surface area contributed by atoms with Crippen LogP contribution in [0.1, 0.15) is 0 Å². The number of fused-ring (bicyclic) bond motifs is 9. The lowest BCUT2D eigenvalue weighted by atomic mass is 10.00. The average Bonchev–Trinajstić information content (AvgIpc) is 3.68. The highest BCUT2D eigenvalue weighted by molar-refractivity contribution is 7.26. The lowest BCUT2D eigenvalue weighted by Gasteiger charge is -2.04. The molecule has 0 aliphatic rings. The molecule has 0 N–H and O–H groups in total. The number of thiophene rings is 1. The zero-order chi connectivity index (χ0) is 25.5. The van der Waals surface area contributed by atoms with Crippen molar-refractivity contribution in [2.75, 3.05) is 0 Å². The highest BCUT2D eigenvalue weighted by atomic mass is 32.1. The fourth-order valence-electron chi connectivity index (χ4n) is 5.88. The number of hydrogen-bond donors (Lipinski definition) is 0. The van der Waals surface area contributed by atoms with Crippen LogP contribution in [0.3, 0.4) is 0 Å². The second kappa shape index (κ2) is 7.76. The molecule has 5 aromatic heterocycles. The lowest BCUT2D eigenvalue weighted by Crippen LogP contribution is -1.82. The minimum Gasteiger partial charge on any atom is -0.454 e. The molecule has 182 valence electrons. The third-order valence-corrected chi connectivity index (χ3v) is 8.91. The normalized spacial score (nSPS) is 12.1. The lowest BCUT2D eigenvalue weighted by molar-refractivity contribution is 0.669. The van der Waals surface area contributed by atoms with Crippen LogP contribution in [0.5, 0.6) is 0 Å². The molecule has 0 radical (unpaired) electrons. The van der Waals surface area contributed by atoms with Gasteiger partial charge in [-0.15, -0.1) is 11.3 Å². The van der Waals surface area contributed by atoms with E-state index in [0.29, 0.717) is 0 Å². The van der Waals surface area contributed by atoms with Crippen molar-refractivity contribution < 1.29 is 8.83 Å². The van der Waals surface area contributed by atoms with Gasteiger partial charge in [-0.3, -0.25) is 9.97 Å². The van der Waals surface area contributed by atoms with Crippen LogP contribution in [0.4, 0.5) is 0 Å². The second-order valence-electron chi connectivity index (χ2n) is 9.74. The van der Waals surface area contributed by atoms with Crippen molar-refractivity contribution in [2.45, 2.75) is 0 Å². The van der Waals surface area contributed by atoms with Crippen LogP contribution in [0.2, 0.25) is 0 Å². The highest BCUT2D eigenvalue weighted by Crippen LogP contribution is 2.46. The number of furan rings is 2. The maximum Gasteiger partial charge on any atom is 0.161 e. The molecule has 0 saturated carbocycles. The van der Waals surface area contributed by atoms with Gasteiger partial charge >= 0.3 is 0 Å². The van der Waals surface area contributed by atoms with E-state index in [9.17, 15) is 0 Å². The Bertz CT molecular complexity index is 2240. The Labute approximate surface area is 225 Å². The van der Waals surface area contributed by atoms with E-state index >= 15 is 0 Å². The maximum absolute atomic E-state index is 6.35. The molecular weight excluding hydrogens is 500 g/mol. The first-order valence-electron chi connectivity index (χ1n) is 12.8. The van der Waals surface area contributed by atoms with E-state index < -0.39 is 0 Å². The van der Waals surface area contributed by atoms with Gasteiger partial charge in [0, 0.05) is 65.6 Å². The number of hydrogen-bond acceptors (Lipinski definition) is 5. The molecule has 0 amide bonds. The van der Waals surface area contributed by atoms with Gasteiger partial charge in [-0.25, -0.2) is 0 Å². The molecule has 5 heteroatoms. The second-order valence-corrected chi connectivity index (χ2v) is 10.8. The molecule has 9 rings (SSSR count). The summed E-state index contributed by atoms with van der Waals surface area (Å²) in [4.78, 5) is 9.34. The van der Waals surface area contributed by atoms with Gasteiger partial charge in [-0.1, -0.05) is 60.7 Å². The Hall–Kier alpha value is -5.00. The Morgan fingerprint density at radius 3 is 1.41 bits per heavy atom. The number of pyridine rings is 2. The molecule has 0 bridgehead atoms. The molecule has 0 atom stereocenters. The Balaban J connectivity index is 1.34. The van der Waals surface area contributed by atoms with Gasteiger partial charge in [0.05, 0.1) is 0 Å². The van der Waals surface area contributed by atoms with E-state index in [1.807, 2.05) is 60.1 Å². The SMILES string of the molecule is c1ccc2c(c1)oc1c(-c3cccc4c3sc3c(-c5ccnc6c5oc5ccccc56)cccc34)ccnc12. The largest absolute Gasteiger partial charge is 0.454 e. The van der Waals surface area contributed by atoms with Gasteiger partial charge in [-0.05, 0) is 36.4 Å². The Morgan fingerprint density at radius 1 is 0.436 bits per heavy atom. The summed E-state index contributed by atoms with van der Waals surface area (Å²) in [5, 5.41) is 4.52. The van der Waals surface area contributed by atoms with Crippen molar-refractivity contribution in [3.63, 3.8) is 0 Å². The summed E-state index contributed by atoms with van der Waals surface area (Å²) in [5.74, 6) is 0. The number of rotatable bonds is 2. The molecule has 5 heterocycles. The van der Waals surface area contributed by atoms with E-state index in [2.05, 4.69) is 70.6 Å². The van der Waals surface area contributed by atoms with Crippen LogP contribution in [0, 0.1) is 0 Å². The fourth-order valence-corrected chi connectivity index (χ4v) is 7.23. The number of para-hydroxylation sites is 2. The minimum absolute atomic E-state index is 0.821. The van der Waals surface area contributed by atoms with Crippen molar-refractivity contribution in [3.8, 4) is 22.3 Å². The van der Waals surface area contributed by atoms with Crippen LogP contribution >= 0.6 is 11.3 Å². The first-order chi connectivity index (χ1) is 19.3. The molecule has 0 fully saturated rings. The van der Waals surface area contributed by atoms with Gasteiger partial charge < -0.3 is 8.83 Å². The molecule has 0 saturated heterocycles. The van der Waals surface area contributed by atoms with Crippen LogP contribution in [0.15, 0.2) is 118 Å². The monoisotopic (exact) mass is 518 g/mol. The Morgan fingerprint density at radius 2 is 0.897 bits per heavy atom. The zero-order valence-electron chi connectivity index (χ0n) is 20.5. The van der Waals surface area contributed by atoms with E-state index in [4.69, 9.17) is 8.83 Å². The average molecular weight is 519 g/mol. The van der Waals surface area contributed by atoms with Crippen molar-refractivity contribution in [2.24, 2.45) is 0 Å². The first-order valence-corrected chi connectivity index (χ1v) is 13.6. The van der Waals surface area contributed by atoms with Gasteiger partial charge in [0.2, 0.25) is 0 Å². The summed E-state index contributed by atoms with van der Waals surface area (Å²) in [6.45, 7) is 0. The molecule has 39 heavy (non-hydrogen) atoms. The van der Waals surface area contributed by atoms with E-state index in [1.54, 1.807) is 0 Å². The Kier molecular flexibility index (Phi) is 4.18. The number of nitrogens with zero attached hydrogens (tertiary/aromatic N) is 2. The van der Waals surface area contributed by atoms with Crippen molar-refractivity contribution in [3.05, 3.63) is 109 Å². The predicted octanol–water partition coefficient (Wildman–Crippen LogP) is 9.98. The molecule has 0 spiro atoms. The van der Waals surface area contributed by atoms with Crippen molar-refractivity contribution in [1.29, 1.82) is 0 Å². The fraction of sp³-hybridized carbons (Fsp3) is 0. The summed E-state index contributed by atoms with van der Waals surface area (Å²) < 4.78 is 15.2. The van der Waals surface area contributed by atoms with Gasteiger partial charge in [0.15, 0.2) is 11.2 Å². The quantitative estimate of drug-likeness (QED) is 0.228. The standard InChI is InChI=1S/C34H18N2O2S/c1-3-13-27-25(7-1)29-31(37-27)19(15-17-35-29)21-9-5-11-23-24-12-6-10-22(34(24)39-33(21)23)20-16-18-36-30-26-8-2-4-14-28(26)38-32(20)30/h1-18H. The topological polar surface area (TPSA) is 52.1 Å². The van der Waals surface area contributed by atoms with Gasteiger partial charge in [0.1, 0.15) is 22.2 Å². The van der Waals surface area contributed by atoms with Crippen LogP contribution in [-0.2, 0) is 0 Å². The van der Waals surface area contributed by atoms with Gasteiger partial charge in [0.25, 0.3) is 0 Å². The van der Waals surface area contributed by atoms with Crippen molar-refractivity contribution >= 4 is 75.6 Å². The van der Waals surface area contributed by atoms with E-state index in [0.717, 1.165) is 66.4 Å². The van der Waals surface area contributed by atoms with E-state index in [1.165, 1.54) is 20.2 Å². The number of benzene rings is 4. The van der Waals surface area contributed by atoms with Crippen molar-refractivity contribution in [1.82, 2.24) is 9.97 Å². The molecule has 0 unspecified atom stereocenters. The minimum atomic E-state index is 0.821. The maximum atomic E-state index is 6.35. The summed E-state index contributed by atoms with van der Waals surface area (Å²) in [6, 6.07) is 33.4. The van der Waals surface area contributed by atoms with Crippen LogP contribution < -0.4 is 0 Å². The molecule has 9 aromatic rings. The van der Waals surface area contributed by atoms with E-state index in [-0.39, 0.29) is 0 Å². The summed E-state index contributed by atoms with van der Waals surface area (Å²) in [5.41, 5.74) is 9.54. The molecule has 4 nitrogen and oxygen atoms in total. The van der Waals surface area contributed by atoms with Gasteiger partial charge in [-0.2, -0.15) is 0 Å². The zero-order valence-corrected chi connectivity index (χ0v) is 21.3.